The molecule has 23 heavy (non-hydrogen) atoms. The zero-order valence-electron chi connectivity index (χ0n) is 11.2. The van der Waals surface area contributed by atoms with Crippen molar-refractivity contribution in [2.24, 2.45) is 0 Å². The van der Waals surface area contributed by atoms with Gasteiger partial charge in [-0.05, 0) is 36.0 Å². The summed E-state index contributed by atoms with van der Waals surface area (Å²) in [6, 6.07) is 8.59. The second-order valence-corrected chi connectivity index (χ2v) is 5.94. The molecule has 0 spiro atoms. The standard InChI is InChI=1S/C13H7ClN4O4S/c14-7-1-3-9-10(5-7)16-13(15-9)23-12-4-2-8(17(19)20)6-11(12)18(21)22/h1-6H,(H,15,16). The number of hydrogen-bond donors (Lipinski definition) is 1. The van der Waals surface area contributed by atoms with Gasteiger partial charge >= 0.3 is 0 Å². The van der Waals surface area contributed by atoms with Gasteiger partial charge in [0.2, 0.25) is 0 Å². The fraction of sp³-hybridized carbons (Fsp3) is 0. The number of fused-ring (bicyclic) bond motifs is 1. The Labute approximate surface area is 137 Å². The first kappa shape index (κ1) is 15.3. The molecule has 0 fully saturated rings. The molecule has 0 radical (unpaired) electrons. The highest BCUT2D eigenvalue weighted by atomic mass is 35.5. The average molecular weight is 351 g/mol. The minimum atomic E-state index is -0.676. The minimum Gasteiger partial charge on any atom is -0.333 e. The molecule has 0 amide bonds. The number of hydrogen-bond acceptors (Lipinski definition) is 6. The van der Waals surface area contributed by atoms with Crippen molar-refractivity contribution in [3.05, 3.63) is 61.6 Å². The van der Waals surface area contributed by atoms with E-state index in [4.69, 9.17) is 11.6 Å². The van der Waals surface area contributed by atoms with E-state index in [1.165, 1.54) is 12.1 Å². The van der Waals surface area contributed by atoms with Crippen molar-refractivity contribution in [1.29, 1.82) is 0 Å². The van der Waals surface area contributed by atoms with Crippen LogP contribution in [0.1, 0.15) is 0 Å². The van der Waals surface area contributed by atoms with Crippen LogP contribution in [-0.2, 0) is 0 Å². The van der Waals surface area contributed by atoms with Gasteiger partial charge < -0.3 is 4.98 Å². The fourth-order valence-corrected chi connectivity index (χ4v) is 3.02. The van der Waals surface area contributed by atoms with Crippen LogP contribution >= 0.6 is 23.4 Å². The average Bonchev–Trinajstić information content (AvgIpc) is 2.88. The highest BCUT2D eigenvalue weighted by molar-refractivity contribution is 7.99. The Morgan fingerprint density at radius 1 is 1.09 bits per heavy atom. The summed E-state index contributed by atoms with van der Waals surface area (Å²) >= 11 is 6.91. The van der Waals surface area contributed by atoms with Crippen molar-refractivity contribution in [2.45, 2.75) is 10.1 Å². The Kier molecular flexibility index (Phi) is 3.89. The fourth-order valence-electron chi connectivity index (χ4n) is 1.96. The summed E-state index contributed by atoms with van der Waals surface area (Å²) in [5, 5.41) is 22.8. The molecule has 3 aromatic rings. The molecule has 10 heteroatoms. The van der Waals surface area contributed by atoms with Crippen LogP contribution in [0.5, 0.6) is 0 Å². The van der Waals surface area contributed by atoms with E-state index in [2.05, 4.69) is 9.97 Å². The number of imidazole rings is 1. The van der Waals surface area contributed by atoms with Crippen LogP contribution in [0, 0.1) is 20.2 Å². The number of aromatic nitrogens is 2. The number of non-ortho nitro benzene ring substituents is 1. The molecule has 0 saturated heterocycles. The van der Waals surface area contributed by atoms with Crippen molar-refractivity contribution >= 4 is 45.8 Å². The third-order valence-corrected chi connectivity index (χ3v) is 4.17. The number of H-pyrrole nitrogens is 1. The molecule has 0 aliphatic carbocycles. The maximum Gasteiger partial charge on any atom is 0.290 e. The second-order valence-electron chi connectivity index (χ2n) is 4.47. The van der Waals surface area contributed by atoms with Crippen molar-refractivity contribution < 1.29 is 9.85 Å². The van der Waals surface area contributed by atoms with Gasteiger partial charge in [-0.25, -0.2) is 4.98 Å². The topological polar surface area (TPSA) is 115 Å². The molecule has 0 bridgehead atoms. The lowest BCUT2D eigenvalue weighted by Crippen LogP contribution is -1.94. The molecule has 0 saturated carbocycles. The predicted octanol–water partition coefficient (Wildman–Crippen LogP) is 4.18. The van der Waals surface area contributed by atoms with E-state index >= 15 is 0 Å². The highest BCUT2D eigenvalue weighted by Crippen LogP contribution is 2.36. The number of nitrogens with one attached hydrogen (secondary N) is 1. The highest BCUT2D eigenvalue weighted by Gasteiger charge is 2.21. The Balaban J connectivity index is 2.00. The van der Waals surface area contributed by atoms with Crippen molar-refractivity contribution in [2.75, 3.05) is 0 Å². The lowest BCUT2D eigenvalue weighted by atomic mass is 10.3. The lowest BCUT2D eigenvalue weighted by Gasteiger charge is -2.00. The largest absolute Gasteiger partial charge is 0.333 e. The van der Waals surface area contributed by atoms with E-state index in [0.29, 0.717) is 21.2 Å². The molecule has 0 aliphatic rings. The Morgan fingerprint density at radius 2 is 1.87 bits per heavy atom. The number of aromatic amines is 1. The Hall–Kier alpha value is -2.65. The van der Waals surface area contributed by atoms with E-state index in [1.807, 2.05) is 0 Å². The lowest BCUT2D eigenvalue weighted by molar-refractivity contribution is -0.396. The number of halogens is 1. The zero-order chi connectivity index (χ0) is 16.6. The summed E-state index contributed by atoms with van der Waals surface area (Å²) in [7, 11) is 0. The van der Waals surface area contributed by atoms with Gasteiger partial charge in [-0.2, -0.15) is 0 Å². The molecule has 3 rings (SSSR count). The van der Waals surface area contributed by atoms with E-state index in [9.17, 15) is 20.2 Å². The van der Waals surface area contributed by atoms with Gasteiger partial charge in [0, 0.05) is 11.1 Å². The summed E-state index contributed by atoms with van der Waals surface area (Å²) in [4.78, 5) is 28.1. The van der Waals surface area contributed by atoms with Crippen LogP contribution < -0.4 is 0 Å². The monoisotopic (exact) mass is 350 g/mol. The molecule has 8 nitrogen and oxygen atoms in total. The molecule has 0 atom stereocenters. The quantitative estimate of drug-likeness (QED) is 0.557. The van der Waals surface area contributed by atoms with Gasteiger partial charge in [0.25, 0.3) is 11.4 Å². The number of nitro benzene ring substituents is 2. The maximum atomic E-state index is 11.1. The molecule has 0 aliphatic heterocycles. The first-order valence-corrected chi connectivity index (χ1v) is 7.39. The third-order valence-electron chi connectivity index (χ3n) is 2.98. The molecule has 1 N–H and O–H groups in total. The number of rotatable bonds is 4. The van der Waals surface area contributed by atoms with Crippen molar-refractivity contribution in [1.82, 2.24) is 9.97 Å². The van der Waals surface area contributed by atoms with E-state index in [0.717, 1.165) is 17.8 Å². The van der Waals surface area contributed by atoms with E-state index in [1.54, 1.807) is 18.2 Å². The third kappa shape index (κ3) is 3.10. The Bertz CT molecular complexity index is 943. The molecule has 0 unspecified atom stereocenters. The van der Waals surface area contributed by atoms with Crippen LogP contribution in [0.15, 0.2) is 46.5 Å². The summed E-state index contributed by atoms with van der Waals surface area (Å²) in [5.41, 5.74) is 0.686. The SMILES string of the molecule is O=[N+]([O-])c1ccc(Sc2nc3ccc(Cl)cc3[nH]2)c([N+](=O)[O-])c1. The zero-order valence-corrected chi connectivity index (χ0v) is 12.8. The van der Waals surface area contributed by atoms with Gasteiger partial charge in [0.15, 0.2) is 5.16 Å². The summed E-state index contributed by atoms with van der Waals surface area (Å²) in [6.07, 6.45) is 0. The predicted molar refractivity (Wildman–Crippen MR) is 85.0 cm³/mol. The van der Waals surface area contributed by atoms with Crippen LogP contribution in [-0.4, -0.2) is 19.8 Å². The number of benzene rings is 2. The Morgan fingerprint density at radius 3 is 2.57 bits per heavy atom. The number of nitrogens with zero attached hydrogens (tertiary/aromatic N) is 3. The van der Waals surface area contributed by atoms with Crippen molar-refractivity contribution in [3.63, 3.8) is 0 Å². The van der Waals surface area contributed by atoms with Crippen molar-refractivity contribution in [3.8, 4) is 0 Å². The van der Waals surface area contributed by atoms with Gasteiger partial charge in [-0.15, -0.1) is 0 Å². The summed E-state index contributed by atoms with van der Waals surface area (Å²) in [5.74, 6) is 0. The van der Waals surface area contributed by atoms with Gasteiger partial charge in [0.05, 0.1) is 31.8 Å². The molecule has 1 aromatic heterocycles. The maximum absolute atomic E-state index is 11.1. The van der Waals surface area contributed by atoms with Gasteiger partial charge in [0.1, 0.15) is 0 Å². The first-order chi connectivity index (χ1) is 10.9. The summed E-state index contributed by atoms with van der Waals surface area (Å²) in [6.45, 7) is 0. The van der Waals surface area contributed by atoms with Gasteiger partial charge in [-0.3, -0.25) is 20.2 Å². The first-order valence-electron chi connectivity index (χ1n) is 6.20. The van der Waals surface area contributed by atoms with Gasteiger partial charge in [-0.1, -0.05) is 11.6 Å². The second kappa shape index (κ2) is 5.86. The molecular formula is C13H7ClN4O4S. The minimum absolute atomic E-state index is 0.255. The molecular weight excluding hydrogens is 344 g/mol. The molecule has 116 valence electrons. The van der Waals surface area contributed by atoms with Crippen LogP contribution in [0.25, 0.3) is 11.0 Å². The normalized spacial score (nSPS) is 10.8. The smallest absolute Gasteiger partial charge is 0.290 e. The van der Waals surface area contributed by atoms with Crippen LogP contribution in [0.3, 0.4) is 0 Å². The number of nitro groups is 2. The van der Waals surface area contributed by atoms with E-state index in [-0.39, 0.29) is 16.3 Å². The van der Waals surface area contributed by atoms with E-state index < -0.39 is 9.85 Å². The molecule has 1 heterocycles. The van der Waals surface area contributed by atoms with Crippen LogP contribution in [0.4, 0.5) is 11.4 Å². The summed E-state index contributed by atoms with van der Waals surface area (Å²) < 4.78 is 0. The molecule has 2 aromatic carbocycles. The van der Waals surface area contributed by atoms with Crippen LogP contribution in [0.2, 0.25) is 5.02 Å².